The molecule has 1 aliphatic heterocycles. The third-order valence-electron chi connectivity index (χ3n) is 5.42. The number of anilines is 1. The van der Waals surface area contributed by atoms with Crippen molar-refractivity contribution >= 4 is 47.0 Å². The molecule has 0 aromatic carbocycles. The van der Waals surface area contributed by atoms with E-state index in [1.807, 2.05) is 24.5 Å². The number of pyridine rings is 1. The zero-order valence-electron chi connectivity index (χ0n) is 17.6. The fourth-order valence-electron chi connectivity index (χ4n) is 3.68. The molecule has 3 aromatic heterocycles. The standard InChI is InChI=1S/C23H29N5OS.HI/c1-3-21(29-15-1)7-12-25-23(27-18-22-4-2-16-30-22)26-17-19-8-13-28(14-9-19)20-5-10-24-11-6-20;/h1-6,10-11,15-16,19H,7-9,12-14,17-18H2,(H2,25,26,27);1H. The Hall–Kier alpha value is -2.07. The van der Waals surface area contributed by atoms with E-state index >= 15 is 0 Å². The fourth-order valence-corrected chi connectivity index (χ4v) is 4.31. The van der Waals surface area contributed by atoms with Gasteiger partial charge in [0.25, 0.3) is 0 Å². The lowest BCUT2D eigenvalue weighted by Crippen LogP contribution is -2.43. The average molecular weight is 551 g/mol. The van der Waals surface area contributed by atoms with Crippen molar-refractivity contribution in [3.05, 3.63) is 71.1 Å². The van der Waals surface area contributed by atoms with E-state index in [0.29, 0.717) is 12.5 Å². The van der Waals surface area contributed by atoms with Crippen molar-refractivity contribution in [3.63, 3.8) is 0 Å². The first kappa shape index (κ1) is 23.6. The van der Waals surface area contributed by atoms with Gasteiger partial charge < -0.3 is 20.0 Å². The molecular formula is C23H30IN5OS. The number of halogens is 1. The summed E-state index contributed by atoms with van der Waals surface area (Å²) in [4.78, 5) is 12.6. The molecule has 6 nitrogen and oxygen atoms in total. The summed E-state index contributed by atoms with van der Waals surface area (Å²) in [5.41, 5.74) is 1.27. The van der Waals surface area contributed by atoms with E-state index in [-0.39, 0.29) is 24.0 Å². The van der Waals surface area contributed by atoms with E-state index in [9.17, 15) is 0 Å². The van der Waals surface area contributed by atoms with Gasteiger partial charge in [-0.3, -0.25) is 4.98 Å². The number of aliphatic imine (C=N–C) groups is 1. The molecule has 0 unspecified atom stereocenters. The molecule has 1 fully saturated rings. The van der Waals surface area contributed by atoms with Crippen molar-refractivity contribution in [1.29, 1.82) is 0 Å². The topological polar surface area (TPSA) is 65.7 Å². The summed E-state index contributed by atoms with van der Waals surface area (Å²) in [6.45, 7) is 4.62. The first-order chi connectivity index (χ1) is 14.9. The van der Waals surface area contributed by atoms with Crippen LogP contribution in [0.25, 0.3) is 0 Å². The number of rotatable bonds is 8. The van der Waals surface area contributed by atoms with Crippen LogP contribution in [0.1, 0.15) is 23.5 Å². The highest BCUT2D eigenvalue weighted by atomic mass is 127. The van der Waals surface area contributed by atoms with E-state index < -0.39 is 0 Å². The largest absolute Gasteiger partial charge is 0.469 e. The van der Waals surface area contributed by atoms with E-state index in [2.05, 4.69) is 50.2 Å². The zero-order chi connectivity index (χ0) is 20.4. The number of aromatic nitrogens is 1. The molecule has 31 heavy (non-hydrogen) atoms. The lowest BCUT2D eigenvalue weighted by Gasteiger charge is -2.33. The molecule has 0 radical (unpaired) electrons. The molecule has 3 aromatic rings. The van der Waals surface area contributed by atoms with Crippen LogP contribution in [-0.2, 0) is 13.0 Å². The van der Waals surface area contributed by atoms with Crippen LogP contribution < -0.4 is 15.5 Å². The Morgan fingerprint density at radius 1 is 1.13 bits per heavy atom. The summed E-state index contributed by atoms with van der Waals surface area (Å²) in [6, 6.07) is 12.3. The van der Waals surface area contributed by atoms with Crippen LogP contribution in [0.3, 0.4) is 0 Å². The van der Waals surface area contributed by atoms with Crippen molar-refractivity contribution in [2.45, 2.75) is 25.8 Å². The molecular weight excluding hydrogens is 521 g/mol. The van der Waals surface area contributed by atoms with Gasteiger partial charge in [-0.05, 0) is 54.5 Å². The summed E-state index contributed by atoms with van der Waals surface area (Å²) < 4.78 is 5.43. The van der Waals surface area contributed by atoms with E-state index in [1.165, 1.54) is 23.4 Å². The smallest absolute Gasteiger partial charge is 0.191 e. The number of thiophene rings is 1. The molecule has 0 spiro atoms. The Morgan fingerprint density at radius 3 is 2.68 bits per heavy atom. The van der Waals surface area contributed by atoms with Crippen LogP contribution >= 0.6 is 35.3 Å². The minimum atomic E-state index is 0. The summed E-state index contributed by atoms with van der Waals surface area (Å²) in [6.07, 6.45) is 8.66. The Labute approximate surface area is 205 Å². The minimum absolute atomic E-state index is 0. The summed E-state index contributed by atoms with van der Waals surface area (Å²) in [7, 11) is 0. The Balaban J connectivity index is 0.00000272. The van der Waals surface area contributed by atoms with Crippen LogP contribution in [-0.4, -0.2) is 37.1 Å². The Bertz CT molecular complexity index is 878. The summed E-state index contributed by atoms with van der Waals surface area (Å²) in [5, 5.41) is 9.13. The van der Waals surface area contributed by atoms with Crippen LogP contribution in [0.15, 0.2) is 69.8 Å². The molecule has 1 saturated heterocycles. The number of hydrogen-bond acceptors (Lipinski definition) is 5. The molecule has 8 heteroatoms. The number of hydrogen-bond donors (Lipinski definition) is 2. The van der Waals surface area contributed by atoms with Crippen LogP contribution in [0, 0.1) is 5.92 Å². The third-order valence-corrected chi connectivity index (χ3v) is 6.28. The van der Waals surface area contributed by atoms with Crippen LogP contribution in [0.2, 0.25) is 0 Å². The second kappa shape index (κ2) is 12.7. The minimum Gasteiger partial charge on any atom is -0.469 e. The van der Waals surface area contributed by atoms with E-state index in [4.69, 9.17) is 9.41 Å². The van der Waals surface area contributed by atoms with Crippen LogP contribution in [0.4, 0.5) is 5.69 Å². The number of furan rings is 1. The quantitative estimate of drug-likeness (QED) is 0.245. The normalized spacial score (nSPS) is 14.8. The number of piperidine rings is 1. The molecule has 0 amide bonds. The van der Waals surface area contributed by atoms with Gasteiger partial charge in [0.05, 0.1) is 12.8 Å². The third kappa shape index (κ3) is 7.53. The first-order valence-electron chi connectivity index (χ1n) is 10.6. The number of nitrogens with zero attached hydrogens (tertiary/aromatic N) is 3. The number of guanidine groups is 1. The molecule has 166 valence electrons. The molecule has 0 saturated carbocycles. The molecule has 0 aliphatic carbocycles. The monoisotopic (exact) mass is 551 g/mol. The SMILES string of the molecule is I.c1coc(CCNC(=NCc2cccs2)NCC2CCN(c3ccncc3)CC2)c1. The highest BCUT2D eigenvalue weighted by molar-refractivity contribution is 14.0. The van der Waals surface area contributed by atoms with Gasteiger partial charge in [0.15, 0.2) is 5.96 Å². The molecule has 4 heterocycles. The van der Waals surface area contributed by atoms with Crippen molar-refractivity contribution in [1.82, 2.24) is 15.6 Å². The van der Waals surface area contributed by atoms with Gasteiger partial charge in [-0.1, -0.05) is 6.07 Å². The molecule has 2 N–H and O–H groups in total. The van der Waals surface area contributed by atoms with Gasteiger partial charge in [-0.25, -0.2) is 4.99 Å². The lowest BCUT2D eigenvalue weighted by molar-refractivity contribution is 0.400. The molecule has 4 rings (SSSR count). The second-order valence-corrected chi connectivity index (χ2v) is 8.55. The number of nitrogens with one attached hydrogen (secondary N) is 2. The molecule has 1 aliphatic rings. The summed E-state index contributed by atoms with van der Waals surface area (Å²) in [5.74, 6) is 2.53. The maximum absolute atomic E-state index is 5.43. The van der Waals surface area contributed by atoms with E-state index in [0.717, 1.165) is 44.3 Å². The lowest BCUT2D eigenvalue weighted by atomic mass is 9.96. The highest BCUT2D eigenvalue weighted by Gasteiger charge is 2.19. The predicted molar refractivity (Wildman–Crippen MR) is 138 cm³/mol. The first-order valence-corrected chi connectivity index (χ1v) is 11.5. The Morgan fingerprint density at radius 2 is 1.97 bits per heavy atom. The van der Waals surface area contributed by atoms with Crippen LogP contribution in [0.5, 0.6) is 0 Å². The maximum atomic E-state index is 5.43. The maximum Gasteiger partial charge on any atom is 0.191 e. The van der Waals surface area contributed by atoms with Gasteiger partial charge in [-0.15, -0.1) is 35.3 Å². The van der Waals surface area contributed by atoms with Gasteiger partial charge >= 0.3 is 0 Å². The van der Waals surface area contributed by atoms with E-state index in [1.54, 1.807) is 17.6 Å². The van der Waals surface area contributed by atoms with Crippen molar-refractivity contribution < 1.29 is 4.42 Å². The second-order valence-electron chi connectivity index (χ2n) is 7.52. The van der Waals surface area contributed by atoms with Crippen molar-refractivity contribution in [3.8, 4) is 0 Å². The molecule has 0 atom stereocenters. The average Bonchev–Trinajstić information content (AvgIpc) is 3.51. The summed E-state index contributed by atoms with van der Waals surface area (Å²) >= 11 is 1.74. The fraction of sp³-hybridized carbons (Fsp3) is 0.391. The van der Waals surface area contributed by atoms with Gasteiger partial charge in [0.1, 0.15) is 5.76 Å². The van der Waals surface area contributed by atoms with Crippen molar-refractivity contribution in [2.75, 3.05) is 31.1 Å². The Kier molecular flexibility index (Phi) is 9.67. The highest BCUT2D eigenvalue weighted by Crippen LogP contribution is 2.22. The van der Waals surface area contributed by atoms with Crippen molar-refractivity contribution in [2.24, 2.45) is 10.9 Å². The zero-order valence-corrected chi connectivity index (χ0v) is 20.7. The van der Waals surface area contributed by atoms with Gasteiger partial charge in [0, 0.05) is 55.6 Å². The predicted octanol–water partition coefficient (Wildman–Crippen LogP) is 4.55. The van der Waals surface area contributed by atoms with Gasteiger partial charge in [0.2, 0.25) is 0 Å². The molecule has 0 bridgehead atoms. The van der Waals surface area contributed by atoms with Gasteiger partial charge in [-0.2, -0.15) is 0 Å².